The highest BCUT2D eigenvalue weighted by atomic mass is 16.5. The van der Waals surface area contributed by atoms with Crippen LogP contribution in [0.25, 0.3) is 0 Å². The van der Waals surface area contributed by atoms with Crippen molar-refractivity contribution in [1.29, 1.82) is 0 Å². The largest absolute Gasteiger partial charge is 0.497 e. The third-order valence-electron chi connectivity index (χ3n) is 4.94. The van der Waals surface area contributed by atoms with Gasteiger partial charge in [0, 0.05) is 24.8 Å². The van der Waals surface area contributed by atoms with E-state index in [1.807, 2.05) is 12.1 Å². The van der Waals surface area contributed by atoms with Crippen LogP contribution in [-0.4, -0.2) is 43.2 Å². The number of nitrogens with one attached hydrogen (secondary N) is 1. The summed E-state index contributed by atoms with van der Waals surface area (Å²) in [6, 6.07) is 8.76. The van der Waals surface area contributed by atoms with Gasteiger partial charge in [-0.15, -0.1) is 0 Å². The molecule has 0 bridgehead atoms. The van der Waals surface area contributed by atoms with Crippen LogP contribution >= 0.6 is 0 Å². The Bertz CT molecular complexity index is 448. The average Bonchev–Trinajstić information content (AvgIpc) is 2.88. The molecule has 2 unspecified atom stereocenters. The molecule has 3 rings (SSSR count). The third-order valence-corrected chi connectivity index (χ3v) is 4.94. The molecule has 0 aromatic heterocycles. The smallest absolute Gasteiger partial charge is 0.119 e. The summed E-state index contributed by atoms with van der Waals surface area (Å²) in [5.41, 5.74) is 7.34. The second-order valence-electron chi connectivity index (χ2n) is 6.01. The summed E-state index contributed by atoms with van der Waals surface area (Å²) in [5, 5.41) is 3.73. The van der Waals surface area contributed by atoms with Crippen LogP contribution < -0.4 is 15.8 Å². The lowest BCUT2D eigenvalue weighted by atomic mass is 9.85. The zero-order chi connectivity index (χ0) is 14.0. The van der Waals surface area contributed by atoms with Gasteiger partial charge in [-0.25, -0.2) is 0 Å². The summed E-state index contributed by atoms with van der Waals surface area (Å²) in [6.07, 6.45) is 5.06. The lowest BCUT2D eigenvalue weighted by molar-refractivity contribution is 0.167. The summed E-state index contributed by atoms with van der Waals surface area (Å²) in [5.74, 6) is 0.892. The Balaban J connectivity index is 1.78. The van der Waals surface area contributed by atoms with E-state index in [4.69, 9.17) is 10.5 Å². The Labute approximate surface area is 121 Å². The maximum absolute atomic E-state index is 6.17. The summed E-state index contributed by atoms with van der Waals surface area (Å²) < 4.78 is 5.22. The molecule has 1 aromatic carbocycles. The van der Waals surface area contributed by atoms with E-state index >= 15 is 0 Å². The molecule has 4 nitrogen and oxygen atoms in total. The van der Waals surface area contributed by atoms with Crippen molar-refractivity contribution in [2.75, 3.05) is 32.1 Å². The van der Waals surface area contributed by atoms with Gasteiger partial charge in [0.15, 0.2) is 0 Å². The number of fused-ring (bicyclic) bond motifs is 1. The second-order valence-corrected chi connectivity index (χ2v) is 6.01. The van der Waals surface area contributed by atoms with Gasteiger partial charge in [0.2, 0.25) is 0 Å². The molecule has 2 fully saturated rings. The van der Waals surface area contributed by atoms with Gasteiger partial charge in [0.05, 0.1) is 12.6 Å². The van der Waals surface area contributed by atoms with Gasteiger partial charge in [0.1, 0.15) is 5.75 Å². The van der Waals surface area contributed by atoms with Crippen LogP contribution in [0.4, 0.5) is 5.69 Å². The number of rotatable bonds is 4. The molecular formula is C16H25N3O. The lowest BCUT2D eigenvalue weighted by Gasteiger charge is -2.41. The van der Waals surface area contributed by atoms with E-state index in [2.05, 4.69) is 22.3 Å². The van der Waals surface area contributed by atoms with E-state index in [9.17, 15) is 0 Å². The minimum absolute atomic E-state index is 0.0367. The first kappa shape index (κ1) is 13.7. The minimum Gasteiger partial charge on any atom is -0.497 e. The normalized spacial score (nSPS) is 30.0. The Kier molecular flexibility index (Phi) is 3.85. The van der Waals surface area contributed by atoms with E-state index in [0.717, 1.165) is 17.9 Å². The predicted molar refractivity (Wildman–Crippen MR) is 82.2 cm³/mol. The fourth-order valence-corrected chi connectivity index (χ4v) is 3.79. The molecule has 0 amide bonds. The predicted octanol–water partition coefficient (Wildman–Crippen LogP) is 2.06. The van der Waals surface area contributed by atoms with E-state index in [1.54, 1.807) is 7.11 Å². The summed E-state index contributed by atoms with van der Waals surface area (Å²) in [6.45, 7) is 3.10. The van der Waals surface area contributed by atoms with Crippen LogP contribution in [0.2, 0.25) is 0 Å². The molecule has 0 aliphatic carbocycles. The topological polar surface area (TPSA) is 50.5 Å². The Morgan fingerprint density at radius 2 is 2.10 bits per heavy atom. The van der Waals surface area contributed by atoms with E-state index < -0.39 is 0 Å². The SMILES string of the molecule is COc1ccc(NC2(CN)CCN3CCCCC32)cc1. The van der Waals surface area contributed by atoms with Crippen LogP contribution in [-0.2, 0) is 0 Å². The zero-order valence-electron chi connectivity index (χ0n) is 12.3. The number of nitrogens with zero attached hydrogens (tertiary/aromatic N) is 1. The highest BCUT2D eigenvalue weighted by Crippen LogP contribution is 2.37. The Hall–Kier alpha value is -1.26. The maximum Gasteiger partial charge on any atom is 0.119 e. The number of nitrogens with two attached hydrogens (primary N) is 1. The summed E-state index contributed by atoms with van der Waals surface area (Å²) in [7, 11) is 1.70. The first-order chi connectivity index (χ1) is 9.77. The zero-order valence-corrected chi connectivity index (χ0v) is 12.3. The molecule has 2 heterocycles. The fraction of sp³-hybridized carbons (Fsp3) is 0.625. The molecule has 0 spiro atoms. The van der Waals surface area contributed by atoms with Crippen molar-refractivity contribution in [3.05, 3.63) is 24.3 Å². The molecule has 0 saturated carbocycles. The number of anilines is 1. The van der Waals surface area contributed by atoms with Crippen molar-refractivity contribution in [3.8, 4) is 5.75 Å². The van der Waals surface area contributed by atoms with Gasteiger partial charge < -0.3 is 15.8 Å². The quantitative estimate of drug-likeness (QED) is 0.883. The molecule has 20 heavy (non-hydrogen) atoms. The molecule has 3 N–H and O–H groups in total. The highest BCUT2D eigenvalue weighted by Gasteiger charge is 2.46. The lowest BCUT2D eigenvalue weighted by Crippen LogP contribution is -2.56. The van der Waals surface area contributed by atoms with Gasteiger partial charge in [0.25, 0.3) is 0 Å². The standard InChI is InChI=1S/C16H25N3O/c1-20-14-7-5-13(6-8-14)18-16(12-17)9-11-19-10-3-2-4-15(16)19/h5-8,15,18H,2-4,9-12,17H2,1H3. The summed E-state index contributed by atoms with van der Waals surface area (Å²) in [4.78, 5) is 2.62. The second kappa shape index (κ2) is 5.62. The molecule has 1 aromatic rings. The monoisotopic (exact) mass is 275 g/mol. The number of methoxy groups -OCH3 is 1. The van der Waals surface area contributed by atoms with Gasteiger partial charge in [-0.1, -0.05) is 6.42 Å². The van der Waals surface area contributed by atoms with Gasteiger partial charge in [-0.2, -0.15) is 0 Å². The first-order valence-electron chi connectivity index (χ1n) is 7.64. The average molecular weight is 275 g/mol. The third kappa shape index (κ3) is 2.38. The van der Waals surface area contributed by atoms with Crippen LogP contribution in [0.3, 0.4) is 0 Å². The molecule has 4 heteroatoms. The molecule has 2 aliphatic heterocycles. The van der Waals surface area contributed by atoms with Crippen molar-refractivity contribution in [2.24, 2.45) is 5.73 Å². The maximum atomic E-state index is 6.17. The van der Waals surface area contributed by atoms with E-state index in [1.165, 1.54) is 32.4 Å². The molecule has 2 atom stereocenters. The van der Waals surface area contributed by atoms with Crippen LogP contribution in [0, 0.1) is 0 Å². The molecule has 2 aliphatic rings. The van der Waals surface area contributed by atoms with Crippen molar-refractivity contribution < 1.29 is 4.74 Å². The number of hydrogen-bond acceptors (Lipinski definition) is 4. The Morgan fingerprint density at radius 1 is 1.30 bits per heavy atom. The van der Waals surface area contributed by atoms with E-state index in [-0.39, 0.29) is 5.54 Å². The van der Waals surface area contributed by atoms with Crippen molar-refractivity contribution in [2.45, 2.75) is 37.3 Å². The van der Waals surface area contributed by atoms with Crippen molar-refractivity contribution in [1.82, 2.24) is 4.90 Å². The number of benzene rings is 1. The van der Waals surface area contributed by atoms with Gasteiger partial charge >= 0.3 is 0 Å². The molecule has 2 saturated heterocycles. The molecular weight excluding hydrogens is 250 g/mol. The van der Waals surface area contributed by atoms with Crippen LogP contribution in [0.15, 0.2) is 24.3 Å². The summed E-state index contributed by atoms with van der Waals surface area (Å²) >= 11 is 0. The van der Waals surface area contributed by atoms with E-state index in [0.29, 0.717) is 12.6 Å². The minimum atomic E-state index is 0.0367. The van der Waals surface area contributed by atoms with Gasteiger partial charge in [-0.05, 0) is 50.1 Å². The number of ether oxygens (including phenoxy) is 1. The van der Waals surface area contributed by atoms with Crippen molar-refractivity contribution in [3.63, 3.8) is 0 Å². The number of hydrogen-bond donors (Lipinski definition) is 2. The molecule has 110 valence electrons. The first-order valence-corrected chi connectivity index (χ1v) is 7.64. The van der Waals surface area contributed by atoms with Crippen molar-refractivity contribution >= 4 is 5.69 Å². The van der Waals surface area contributed by atoms with Gasteiger partial charge in [-0.3, -0.25) is 4.90 Å². The highest BCUT2D eigenvalue weighted by molar-refractivity contribution is 5.49. The number of piperidine rings is 1. The van der Waals surface area contributed by atoms with Crippen LogP contribution in [0.1, 0.15) is 25.7 Å². The van der Waals surface area contributed by atoms with Crippen LogP contribution in [0.5, 0.6) is 5.75 Å². The fourth-order valence-electron chi connectivity index (χ4n) is 3.79. The molecule has 0 radical (unpaired) electrons. The Morgan fingerprint density at radius 3 is 2.80 bits per heavy atom.